The van der Waals surface area contributed by atoms with Crippen LogP contribution in [-0.2, 0) is 0 Å². The van der Waals surface area contributed by atoms with Crippen LogP contribution in [0.25, 0.3) is 22.3 Å². The van der Waals surface area contributed by atoms with Crippen molar-refractivity contribution in [2.45, 2.75) is 70.1 Å². The summed E-state index contributed by atoms with van der Waals surface area (Å²) in [7, 11) is 0. The third kappa shape index (κ3) is 6.77. The first-order valence-corrected chi connectivity index (χ1v) is 16.7. The van der Waals surface area contributed by atoms with Crippen LogP contribution in [0.5, 0.6) is 23.0 Å². The minimum absolute atomic E-state index is 0.0882. The molecule has 1 aliphatic rings. The fourth-order valence-corrected chi connectivity index (χ4v) is 7.31. The van der Waals surface area contributed by atoms with E-state index < -0.39 is 0 Å². The van der Waals surface area contributed by atoms with Gasteiger partial charge in [0.1, 0.15) is 23.0 Å². The van der Waals surface area contributed by atoms with E-state index in [1.807, 2.05) is 36.4 Å². The molecule has 0 aliphatic heterocycles. The van der Waals surface area contributed by atoms with Gasteiger partial charge in [0.15, 0.2) is 0 Å². The molecular formula is C42H44O4. The van der Waals surface area contributed by atoms with E-state index in [9.17, 15) is 20.4 Å². The van der Waals surface area contributed by atoms with Crippen LogP contribution in [0.15, 0.2) is 109 Å². The Hall–Kier alpha value is -4.70. The van der Waals surface area contributed by atoms with Gasteiger partial charge in [-0.25, -0.2) is 0 Å². The highest BCUT2D eigenvalue weighted by molar-refractivity contribution is 5.78. The van der Waals surface area contributed by atoms with Gasteiger partial charge in [-0.05, 0) is 96.2 Å². The van der Waals surface area contributed by atoms with Gasteiger partial charge in [-0.3, -0.25) is 0 Å². The Kier molecular flexibility index (Phi) is 9.63. The molecule has 4 heteroatoms. The number of aromatic hydroxyl groups is 4. The second kappa shape index (κ2) is 14.2. The quantitative estimate of drug-likeness (QED) is 0.0934. The lowest BCUT2D eigenvalue weighted by Gasteiger charge is -2.29. The summed E-state index contributed by atoms with van der Waals surface area (Å²) in [5.41, 5.74) is 6.55. The van der Waals surface area contributed by atoms with Gasteiger partial charge < -0.3 is 20.4 Å². The maximum atomic E-state index is 10.9. The van der Waals surface area contributed by atoms with Crippen LogP contribution in [-0.4, -0.2) is 20.4 Å². The zero-order valence-electron chi connectivity index (χ0n) is 26.6. The molecule has 0 radical (unpaired) electrons. The number of rotatable bonds is 10. The molecular weight excluding hydrogens is 568 g/mol. The SMILES string of the molecule is CCCCCC1CCC(c2ccc(C(c3ccc(O)c(-c4ccccc4O)c3)c3ccc(O)c(-c4ccccc4O)c3)cc2)CC1. The second-order valence-electron chi connectivity index (χ2n) is 12.9. The summed E-state index contributed by atoms with van der Waals surface area (Å²) in [4.78, 5) is 0. The van der Waals surface area contributed by atoms with Crippen molar-refractivity contribution in [1.29, 1.82) is 0 Å². The van der Waals surface area contributed by atoms with Gasteiger partial charge in [-0.15, -0.1) is 0 Å². The Morgan fingerprint density at radius 3 is 1.50 bits per heavy atom. The molecule has 0 atom stereocenters. The van der Waals surface area contributed by atoms with Gasteiger partial charge in [0.05, 0.1) is 0 Å². The van der Waals surface area contributed by atoms with Gasteiger partial charge >= 0.3 is 0 Å². The molecule has 6 rings (SSSR count). The molecule has 236 valence electrons. The van der Waals surface area contributed by atoms with E-state index in [4.69, 9.17) is 0 Å². The van der Waals surface area contributed by atoms with Crippen LogP contribution < -0.4 is 0 Å². The normalized spacial score (nSPS) is 16.5. The van der Waals surface area contributed by atoms with Crippen LogP contribution in [0.3, 0.4) is 0 Å². The van der Waals surface area contributed by atoms with Crippen molar-refractivity contribution < 1.29 is 20.4 Å². The molecule has 46 heavy (non-hydrogen) atoms. The van der Waals surface area contributed by atoms with E-state index in [1.54, 1.807) is 48.5 Å². The Bertz CT molecular complexity index is 1670. The van der Waals surface area contributed by atoms with E-state index in [2.05, 4.69) is 31.2 Å². The zero-order chi connectivity index (χ0) is 32.0. The highest BCUT2D eigenvalue weighted by Crippen LogP contribution is 2.44. The Morgan fingerprint density at radius 1 is 0.522 bits per heavy atom. The van der Waals surface area contributed by atoms with Crippen molar-refractivity contribution in [3.05, 3.63) is 131 Å². The first-order chi connectivity index (χ1) is 22.4. The predicted octanol–water partition coefficient (Wildman–Crippen LogP) is 10.9. The number of phenols is 4. The molecule has 4 N–H and O–H groups in total. The molecule has 1 fully saturated rings. The van der Waals surface area contributed by atoms with Crippen molar-refractivity contribution in [3.8, 4) is 45.3 Å². The average Bonchev–Trinajstić information content (AvgIpc) is 3.08. The van der Waals surface area contributed by atoms with Gasteiger partial charge in [0.25, 0.3) is 0 Å². The summed E-state index contributed by atoms with van der Waals surface area (Å²) in [5, 5.41) is 43.0. The van der Waals surface area contributed by atoms with Gasteiger partial charge in [-0.1, -0.05) is 105 Å². The van der Waals surface area contributed by atoms with E-state index in [0.717, 1.165) is 22.6 Å². The van der Waals surface area contributed by atoms with Gasteiger partial charge in [-0.2, -0.15) is 0 Å². The maximum absolute atomic E-state index is 10.9. The smallest absolute Gasteiger partial charge is 0.123 e. The fraction of sp³-hybridized carbons (Fsp3) is 0.286. The van der Waals surface area contributed by atoms with Crippen molar-refractivity contribution in [3.63, 3.8) is 0 Å². The summed E-state index contributed by atoms with van der Waals surface area (Å²) < 4.78 is 0. The number of unbranched alkanes of at least 4 members (excludes halogenated alkanes) is 2. The van der Waals surface area contributed by atoms with E-state index in [1.165, 1.54) is 56.9 Å². The molecule has 5 aromatic carbocycles. The first kappa shape index (κ1) is 31.3. The zero-order valence-corrected chi connectivity index (χ0v) is 26.6. The van der Waals surface area contributed by atoms with E-state index in [-0.39, 0.29) is 28.9 Å². The fourth-order valence-electron chi connectivity index (χ4n) is 7.31. The van der Waals surface area contributed by atoms with Gasteiger partial charge in [0.2, 0.25) is 0 Å². The van der Waals surface area contributed by atoms with Gasteiger partial charge in [0, 0.05) is 28.2 Å². The summed E-state index contributed by atoms with van der Waals surface area (Å²) in [5.74, 6) is 1.59. The molecule has 1 saturated carbocycles. The van der Waals surface area contributed by atoms with Crippen molar-refractivity contribution in [1.82, 2.24) is 0 Å². The summed E-state index contributed by atoms with van der Waals surface area (Å²) in [6.07, 6.45) is 10.4. The lowest BCUT2D eigenvalue weighted by molar-refractivity contribution is 0.303. The first-order valence-electron chi connectivity index (χ1n) is 16.7. The summed E-state index contributed by atoms with van der Waals surface area (Å²) in [6, 6.07) is 34.1. The lowest BCUT2D eigenvalue weighted by atomic mass is 9.76. The number of benzene rings is 5. The number of phenolic OH excluding ortho intramolecular Hbond substituents is 4. The molecule has 1 aliphatic carbocycles. The third-order valence-corrected chi connectivity index (χ3v) is 9.90. The van der Waals surface area contributed by atoms with Crippen molar-refractivity contribution >= 4 is 0 Å². The third-order valence-electron chi connectivity index (χ3n) is 9.90. The largest absolute Gasteiger partial charge is 0.507 e. The summed E-state index contributed by atoms with van der Waals surface area (Å²) >= 11 is 0. The maximum Gasteiger partial charge on any atom is 0.123 e. The molecule has 0 heterocycles. The Labute approximate surface area is 272 Å². The van der Waals surface area contributed by atoms with Crippen LogP contribution in [0.2, 0.25) is 0 Å². The van der Waals surface area contributed by atoms with Crippen molar-refractivity contribution in [2.24, 2.45) is 5.92 Å². The van der Waals surface area contributed by atoms with Crippen molar-refractivity contribution in [2.75, 3.05) is 0 Å². The molecule has 0 spiro atoms. The number of hydrogen-bond donors (Lipinski definition) is 4. The van der Waals surface area contributed by atoms with Crippen LogP contribution in [0.4, 0.5) is 0 Å². The highest BCUT2D eigenvalue weighted by Gasteiger charge is 2.25. The highest BCUT2D eigenvalue weighted by atomic mass is 16.3. The monoisotopic (exact) mass is 612 g/mol. The number of hydrogen-bond acceptors (Lipinski definition) is 4. The second-order valence-corrected chi connectivity index (χ2v) is 12.9. The average molecular weight is 613 g/mol. The molecule has 4 nitrogen and oxygen atoms in total. The molecule has 0 unspecified atom stereocenters. The number of para-hydroxylation sites is 2. The lowest BCUT2D eigenvalue weighted by Crippen LogP contribution is -2.13. The van der Waals surface area contributed by atoms with E-state index in [0.29, 0.717) is 28.2 Å². The topological polar surface area (TPSA) is 80.9 Å². The molecule has 0 saturated heterocycles. The van der Waals surface area contributed by atoms with Crippen LogP contribution in [0, 0.1) is 5.92 Å². The molecule has 5 aromatic rings. The minimum atomic E-state index is -0.237. The Balaban J connectivity index is 1.38. The standard InChI is InChI=1S/C42H44O4/c1-2-3-4-9-28-14-16-29(17-15-28)30-18-20-31(21-19-30)42(32-22-24-40(45)36(26-32)34-10-5-7-12-38(34)43)33-23-25-41(46)37(27-33)35-11-6-8-13-39(35)44/h5-8,10-13,18-29,42-46H,2-4,9,14-17H2,1H3. The van der Waals surface area contributed by atoms with Crippen LogP contribution >= 0.6 is 0 Å². The molecule has 0 amide bonds. The minimum Gasteiger partial charge on any atom is -0.507 e. The summed E-state index contributed by atoms with van der Waals surface area (Å²) in [6.45, 7) is 2.27. The predicted molar refractivity (Wildman–Crippen MR) is 187 cm³/mol. The Morgan fingerprint density at radius 2 is 1.00 bits per heavy atom. The van der Waals surface area contributed by atoms with Crippen LogP contribution in [0.1, 0.15) is 92.4 Å². The molecule has 0 bridgehead atoms. The molecule has 0 aromatic heterocycles. The van der Waals surface area contributed by atoms with E-state index >= 15 is 0 Å².